The molecule has 252 valence electrons. The van der Waals surface area contributed by atoms with E-state index in [1.807, 2.05) is 23.6 Å². The number of benzene rings is 1. The van der Waals surface area contributed by atoms with E-state index in [4.69, 9.17) is 9.47 Å². The van der Waals surface area contributed by atoms with Gasteiger partial charge in [-0.05, 0) is 112 Å². The van der Waals surface area contributed by atoms with Crippen LogP contribution in [0.15, 0.2) is 59.5 Å². The van der Waals surface area contributed by atoms with Gasteiger partial charge in [-0.1, -0.05) is 25.1 Å². The van der Waals surface area contributed by atoms with Crippen LogP contribution in [0.1, 0.15) is 76.2 Å². The van der Waals surface area contributed by atoms with Gasteiger partial charge in [0.15, 0.2) is 29.1 Å². The summed E-state index contributed by atoms with van der Waals surface area (Å²) >= 11 is 1.46. The van der Waals surface area contributed by atoms with Crippen LogP contribution in [0.4, 0.5) is 14.5 Å². The Labute approximate surface area is 278 Å². The lowest BCUT2D eigenvalue weighted by Crippen LogP contribution is -2.70. The van der Waals surface area contributed by atoms with E-state index in [0.717, 1.165) is 27.8 Å². The third kappa shape index (κ3) is 4.69. The van der Waals surface area contributed by atoms with Crippen molar-refractivity contribution in [3.63, 3.8) is 0 Å². The molecule has 0 spiro atoms. The van der Waals surface area contributed by atoms with Crippen molar-refractivity contribution in [1.82, 2.24) is 0 Å². The van der Waals surface area contributed by atoms with Crippen LogP contribution in [0.25, 0.3) is 0 Å². The van der Waals surface area contributed by atoms with Crippen LogP contribution in [-0.4, -0.2) is 63.6 Å². The number of aliphatic hydroxyl groups excluding tert-OH is 2. The van der Waals surface area contributed by atoms with Crippen LogP contribution in [0.3, 0.4) is 0 Å². The number of hydrogen-bond donors (Lipinski definition) is 3. The zero-order valence-electron chi connectivity index (χ0n) is 27.4. The number of alkyl halides is 2. The Morgan fingerprint density at radius 2 is 1.91 bits per heavy atom. The molecular weight excluding hydrogens is 624 g/mol. The highest BCUT2D eigenvalue weighted by molar-refractivity contribution is 7.10. The number of fused-ring (bicyclic) bond motifs is 7. The monoisotopic (exact) mass is 667 g/mol. The van der Waals surface area contributed by atoms with Gasteiger partial charge < -0.3 is 25.0 Å². The molecule has 1 saturated heterocycles. The molecule has 10 atom stereocenters. The number of anilines is 1. The minimum Gasteiger partial charge on any atom is -0.390 e. The first kappa shape index (κ1) is 32.8. The smallest absolute Gasteiger partial charge is 0.194 e. The Bertz CT molecular complexity index is 1680. The molecule has 10 heteroatoms. The second-order valence-electron chi connectivity index (χ2n) is 15.6. The number of carbonyl (C=O) groups is 2. The summed E-state index contributed by atoms with van der Waals surface area (Å²) in [7, 11) is 0. The van der Waals surface area contributed by atoms with Crippen LogP contribution in [0.2, 0.25) is 0 Å². The molecule has 0 bridgehead atoms. The first-order chi connectivity index (χ1) is 22.1. The van der Waals surface area contributed by atoms with Gasteiger partial charge in [0.2, 0.25) is 0 Å². The highest BCUT2D eigenvalue weighted by Gasteiger charge is 2.80. The van der Waals surface area contributed by atoms with Crippen molar-refractivity contribution in [3.05, 3.63) is 75.5 Å². The van der Waals surface area contributed by atoms with Gasteiger partial charge in [-0.15, -0.1) is 11.3 Å². The molecule has 1 aromatic heterocycles. The van der Waals surface area contributed by atoms with Crippen LogP contribution in [0.5, 0.6) is 0 Å². The second-order valence-corrected chi connectivity index (χ2v) is 16.5. The third-order valence-corrected chi connectivity index (χ3v) is 12.7. The molecular formula is C37H43F2NO6S. The van der Waals surface area contributed by atoms with Crippen molar-refractivity contribution < 1.29 is 38.1 Å². The number of hydrogen-bond acceptors (Lipinski definition) is 8. The molecule has 7 rings (SSSR count). The number of rotatable bonds is 6. The van der Waals surface area contributed by atoms with Crippen molar-refractivity contribution in [2.75, 3.05) is 11.9 Å². The lowest BCUT2D eigenvalue weighted by atomic mass is 9.44. The average Bonchev–Trinajstić information content (AvgIpc) is 3.68. The standard InChI is InChI=1S/C37H43F2NO6S/c1-33(2,3)40-22-8-6-7-20(12-22)11-21-13-28(47-19-21)32-45-31-16-24-25-15-27(38)26-14-23(42)9-10-34(26,4)36(25,39)29(43)17-35(24,5)37(31,46-32)30(44)18-41/h6-10,12-14,19,24-25,27,29,31-32,40-41,43H,11,15-18H2,1-5H3/t24-,25-,27-,29-,31+,32+,34-,35-,36-,37+/m0/s1. The van der Waals surface area contributed by atoms with Crippen LogP contribution in [-0.2, 0) is 25.5 Å². The molecule has 1 aliphatic heterocycles. The Hall–Kier alpha value is -2.76. The molecule has 2 aromatic rings. The molecule has 7 nitrogen and oxygen atoms in total. The molecule has 0 amide bonds. The third-order valence-electron chi connectivity index (χ3n) is 11.7. The van der Waals surface area contributed by atoms with Crippen molar-refractivity contribution in [3.8, 4) is 0 Å². The maximum absolute atomic E-state index is 17.6. The minimum absolute atomic E-state index is 0.0454. The van der Waals surface area contributed by atoms with Gasteiger partial charge in [0.25, 0.3) is 0 Å². The topological polar surface area (TPSA) is 105 Å². The molecule has 4 fully saturated rings. The number of ether oxygens (including phenoxy) is 2. The number of carbonyl (C=O) groups excluding carboxylic acids is 2. The molecule has 0 radical (unpaired) electrons. The molecule has 2 heterocycles. The van der Waals surface area contributed by atoms with E-state index >= 15 is 8.78 Å². The highest BCUT2D eigenvalue weighted by atomic mass is 32.1. The number of Topliss-reactive ketones (excluding diaryl/α,β-unsaturated/α-hetero) is 1. The number of halogens is 2. The van der Waals surface area contributed by atoms with Crippen LogP contribution < -0.4 is 5.32 Å². The quantitative estimate of drug-likeness (QED) is 0.338. The van der Waals surface area contributed by atoms with Crippen molar-refractivity contribution >= 4 is 28.6 Å². The second kappa shape index (κ2) is 10.9. The van der Waals surface area contributed by atoms with Gasteiger partial charge in [0.1, 0.15) is 12.8 Å². The molecule has 3 N–H and O–H groups in total. The van der Waals surface area contributed by atoms with Gasteiger partial charge in [0, 0.05) is 28.0 Å². The fraction of sp³-hybridized carbons (Fsp3) is 0.568. The lowest BCUT2D eigenvalue weighted by molar-refractivity contribution is -0.234. The average molecular weight is 668 g/mol. The van der Waals surface area contributed by atoms with E-state index in [1.54, 1.807) is 13.8 Å². The zero-order valence-corrected chi connectivity index (χ0v) is 28.2. The molecule has 0 unspecified atom stereocenters. The SMILES string of the molecule is CC(C)(C)Nc1cccc(Cc2csc([C@@H]3O[C@@H]4C[C@H]5[C@@H]6C[C@H](F)C7=CC(=O)C=C[C@]7(C)[C@@]6(F)[C@@H](O)C[C@]5(C)[C@]4(C(=O)CO)O3)c2)c1. The number of allylic oxidation sites excluding steroid dienone is 4. The van der Waals surface area contributed by atoms with Crippen molar-refractivity contribution in [2.45, 2.75) is 102 Å². The van der Waals surface area contributed by atoms with E-state index < -0.39 is 76.8 Å². The molecule has 5 aliphatic rings. The van der Waals surface area contributed by atoms with Gasteiger partial charge in [0.05, 0.1) is 17.1 Å². The maximum Gasteiger partial charge on any atom is 0.194 e. The Balaban J connectivity index is 1.18. The first-order valence-electron chi connectivity index (χ1n) is 16.4. The summed E-state index contributed by atoms with van der Waals surface area (Å²) in [5.41, 5.74) is -3.44. The number of nitrogens with one attached hydrogen (secondary N) is 1. The molecule has 3 saturated carbocycles. The van der Waals surface area contributed by atoms with E-state index in [2.05, 4.69) is 38.2 Å². The first-order valence-corrected chi connectivity index (χ1v) is 17.3. The van der Waals surface area contributed by atoms with Crippen LogP contribution >= 0.6 is 11.3 Å². The Morgan fingerprint density at radius 3 is 2.64 bits per heavy atom. The summed E-state index contributed by atoms with van der Waals surface area (Å²) in [6, 6.07) is 10.3. The minimum atomic E-state index is -2.29. The number of aliphatic hydroxyl groups is 2. The summed E-state index contributed by atoms with van der Waals surface area (Å²) in [6.07, 6.45) is -0.605. The summed E-state index contributed by atoms with van der Waals surface area (Å²) in [6.45, 7) is 8.85. The van der Waals surface area contributed by atoms with Crippen molar-refractivity contribution in [1.29, 1.82) is 0 Å². The molecule has 4 aliphatic carbocycles. The van der Waals surface area contributed by atoms with E-state index in [-0.39, 0.29) is 30.4 Å². The van der Waals surface area contributed by atoms with Crippen LogP contribution in [0, 0.1) is 22.7 Å². The van der Waals surface area contributed by atoms with Gasteiger partial charge in [-0.2, -0.15) is 0 Å². The fourth-order valence-corrected chi connectivity index (χ4v) is 10.6. The zero-order chi connectivity index (χ0) is 33.7. The summed E-state index contributed by atoms with van der Waals surface area (Å²) in [5.74, 6) is -2.57. The molecule has 1 aromatic carbocycles. The summed E-state index contributed by atoms with van der Waals surface area (Å²) in [5, 5.41) is 27.5. The van der Waals surface area contributed by atoms with Crippen molar-refractivity contribution in [2.24, 2.45) is 22.7 Å². The van der Waals surface area contributed by atoms with Gasteiger partial charge in [-0.3, -0.25) is 9.59 Å². The predicted octanol–water partition coefficient (Wildman–Crippen LogP) is 6.19. The summed E-state index contributed by atoms with van der Waals surface area (Å²) < 4.78 is 46.6. The Morgan fingerprint density at radius 1 is 1.15 bits per heavy atom. The normalized spacial score (nSPS) is 40.7. The highest BCUT2D eigenvalue weighted by Crippen LogP contribution is 2.72. The molecule has 47 heavy (non-hydrogen) atoms. The lowest BCUT2D eigenvalue weighted by Gasteiger charge is -2.63. The largest absolute Gasteiger partial charge is 0.390 e. The van der Waals surface area contributed by atoms with Gasteiger partial charge >= 0.3 is 0 Å². The fourth-order valence-electron chi connectivity index (χ4n) is 9.73. The number of thiophene rings is 1. The van der Waals surface area contributed by atoms with E-state index in [0.29, 0.717) is 6.42 Å². The maximum atomic E-state index is 17.6. The van der Waals surface area contributed by atoms with E-state index in [9.17, 15) is 19.8 Å². The van der Waals surface area contributed by atoms with Gasteiger partial charge in [-0.25, -0.2) is 8.78 Å². The number of ketones is 2. The predicted molar refractivity (Wildman–Crippen MR) is 174 cm³/mol. The Kier molecular flexibility index (Phi) is 7.58. The van der Waals surface area contributed by atoms with E-state index in [1.165, 1.54) is 23.5 Å². The summed E-state index contributed by atoms with van der Waals surface area (Å²) in [4.78, 5) is 26.7.